The van der Waals surface area contributed by atoms with Crippen molar-refractivity contribution in [2.24, 2.45) is 5.92 Å². The highest BCUT2D eigenvalue weighted by Gasteiger charge is 2.23. The maximum Gasteiger partial charge on any atom is 0.513 e. The fourth-order valence-corrected chi connectivity index (χ4v) is 2.26. The Morgan fingerprint density at radius 2 is 1.97 bits per heavy atom. The van der Waals surface area contributed by atoms with Gasteiger partial charge >= 0.3 is 11.8 Å². The molecule has 1 amide bonds. The third-order valence-electron chi connectivity index (χ3n) is 3.71. The van der Waals surface area contributed by atoms with E-state index >= 15 is 0 Å². The van der Waals surface area contributed by atoms with Gasteiger partial charge in [0.05, 0.1) is 11.5 Å². The summed E-state index contributed by atoms with van der Waals surface area (Å²) in [6.07, 6.45) is -0.0245. The Kier molecular flexibility index (Phi) is 8.61. The summed E-state index contributed by atoms with van der Waals surface area (Å²) in [7, 11) is 0. The molecule has 0 heterocycles. The van der Waals surface area contributed by atoms with Gasteiger partial charge in [-0.05, 0) is 37.5 Å². The van der Waals surface area contributed by atoms with Gasteiger partial charge in [0, 0.05) is 19.2 Å². The quantitative estimate of drug-likeness (QED) is 0.173. The number of nitro benzene ring substituents is 1. The third kappa shape index (κ3) is 6.49. The number of likely N-dealkylation sites (N-methyl/N-ethyl adjacent to an activating group) is 1. The molecule has 156 valence electrons. The lowest BCUT2D eigenvalue weighted by Crippen LogP contribution is -2.31. The van der Waals surface area contributed by atoms with Crippen LogP contribution in [0.5, 0.6) is 11.5 Å². The Morgan fingerprint density at radius 1 is 1.34 bits per heavy atom. The van der Waals surface area contributed by atoms with Gasteiger partial charge in [-0.1, -0.05) is 13.8 Å². The predicted molar refractivity (Wildman–Crippen MR) is 103 cm³/mol. The summed E-state index contributed by atoms with van der Waals surface area (Å²) in [5, 5.41) is 30.6. The number of carbonyl (C=O) groups excluding carboxylic acids is 2. The molecule has 0 saturated carbocycles. The molecule has 0 fully saturated rings. The minimum atomic E-state index is -1.15. The van der Waals surface area contributed by atoms with Crippen molar-refractivity contribution in [3.8, 4) is 17.6 Å². The van der Waals surface area contributed by atoms with E-state index in [1.54, 1.807) is 33.8 Å². The number of nitro groups is 1. The van der Waals surface area contributed by atoms with Gasteiger partial charge in [0.1, 0.15) is 11.6 Å². The standard InChI is InChI=1S/C19H23N3O7/c1-5-21(6-2)18(24)14(10-20)7-13-8-15(22(26)27)17(23)16(9-13)29-19(25)28-11-12(3)4/h7-9,12,23H,5-6,11H2,1-4H3/b14-7+. The van der Waals surface area contributed by atoms with E-state index in [0.717, 1.165) is 18.2 Å². The second kappa shape index (κ2) is 10.7. The van der Waals surface area contributed by atoms with Crippen LogP contribution in [0.1, 0.15) is 33.3 Å². The maximum absolute atomic E-state index is 12.4. The minimum Gasteiger partial charge on any atom is -0.499 e. The summed E-state index contributed by atoms with van der Waals surface area (Å²) in [6.45, 7) is 7.90. The molecule has 1 aromatic carbocycles. The highest BCUT2D eigenvalue weighted by atomic mass is 16.7. The van der Waals surface area contributed by atoms with Gasteiger partial charge in [0.25, 0.3) is 5.91 Å². The lowest BCUT2D eigenvalue weighted by Gasteiger charge is -2.17. The van der Waals surface area contributed by atoms with Crippen molar-refractivity contribution in [2.75, 3.05) is 19.7 Å². The van der Waals surface area contributed by atoms with Crippen LogP contribution in [-0.2, 0) is 9.53 Å². The van der Waals surface area contributed by atoms with E-state index in [4.69, 9.17) is 9.47 Å². The summed E-state index contributed by atoms with van der Waals surface area (Å²) in [5.41, 5.74) is -0.988. The first-order valence-electron chi connectivity index (χ1n) is 8.91. The fourth-order valence-electron chi connectivity index (χ4n) is 2.26. The maximum atomic E-state index is 12.4. The van der Waals surface area contributed by atoms with Crippen LogP contribution >= 0.6 is 0 Å². The number of aromatic hydroxyl groups is 1. The number of nitriles is 1. The van der Waals surface area contributed by atoms with Gasteiger partial charge in [-0.3, -0.25) is 14.9 Å². The van der Waals surface area contributed by atoms with Crippen molar-refractivity contribution in [1.29, 1.82) is 5.26 Å². The molecule has 0 unspecified atom stereocenters. The first-order valence-corrected chi connectivity index (χ1v) is 8.91. The van der Waals surface area contributed by atoms with Crippen molar-refractivity contribution < 1.29 is 29.1 Å². The van der Waals surface area contributed by atoms with E-state index in [1.807, 2.05) is 0 Å². The molecule has 0 aromatic heterocycles. The van der Waals surface area contributed by atoms with Crippen molar-refractivity contribution in [2.45, 2.75) is 27.7 Å². The molecule has 10 nitrogen and oxygen atoms in total. The molecular formula is C19H23N3O7. The molecule has 0 aliphatic heterocycles. The van der Waals surface area contributed by atoms with Crippen LogP contribution in [-0.4, -0.2) is 46.7 Å². The molecule has 1 aromatic rings. The Labute approximate surface area is 168 Å². The largest absolute Gasteiger partial charge is 0.513 e. The minimum absolute atomic E-state index is 0.0261. The van der Waals surface area contributed by atoms with Gasteiger partial charge in [0.2, 0.25) is 5.75 Å². The van der Waals surface area contributed by atoms with E-state index in [-0.39, 0.29) is 23.7 Å². The van der Waals surface area contributed by atoms with Gasteiger partial charge < -0.3 is 19.5 Å². The number of phenolic OH excluding ortho intramolecular Hbond substituents is 1. The zero-order valence-electron chi connectivity index (χ0n) is 16.7. The highest BCUT2D eigenvalue weighted by Crippen LogP contribution is 2.38. The number of hydrogen-bond donors (Lipinski definition) is 1. The number of ether oxygens (including phenoxy) is 2. The van der Waals surface area contributed by atoms with E-state index in [2.05, 4.69) is 0 Å². The number of rotatable bonds is 8. The topological polar surface area (TPSA) is 143 Å². The average molecular weight is 405 g/mol. The second-order valence-corrected chi connectivity index (χ2v) is 6.35. The Bertz CT molecular complexity index is 852. The van der Waals surface area contributed by atoms with Crippen molar-refractivity contribution in [3.05, 3.63) is 33.4 Å². The molecule has 0 aliphatic carbocycles. The zero-order chi connectivity index (χ0) is 22.1. The van der Waals surface area contributed by atoms with E-state index < -0.39 is 34.2 Å². The smallest absolute Gasteiger partial charge is 0.499 e. The predicted octanol–water partition coefficient (Wildman–Crippen LogP) is 3.25. The molecule has 0 radical (unpaired) electrons. The Morgan fingerprint density at radius 3 is 2.45 bits per heavy atom. The molecule has 29 heavy (non-hydrogen) atoms. The highest BCUT2D eigenvalue weighted by molar-refractivity contribution is 6.01. The molecule has 0 aliphatic rings. The summed E-state index contributed by atoms with van der Waals surface area (Å²) in [6, 6.07) is 3.83. The van der Waals surface area contributed by atoms with Crippen LogP contribution in [0.25, 0.3) is 6.08 Å². The van der Waals surface area contributed by atoms with Gasteiger partial charge in [-0.25, -0.2) is 4.79 Å². The normalized spacial score (nSPS) is 11.0. The number of carbonyl (C=O) groups is 2. The number of amides is 1. The van der Waals surface area contributed by atoms with E-state index in [1.165, 1.54) is 4.90 Å². The van der Waals surface area contributed by atoms with Gasteiger partial charge in [-0.2, -0.15) is 5.26 Å². The SMILES string of the molecule is CCN(CC)C(=O)/C(C#N)=C/c1cc(OC(=O)OCC(C)C)c(O)c([N+](=O)[O-])c1. The van der Waals surface area contributed by atoms with Crippen LogP contribution in [0.3, 0.4) is 0 Å². The van der Waals surface area contributed by atoms with E-state index in [0.29, 0.717) is 13.1 Å². The molecular weight excluding hydrogens is 382 g/mol. The van der Waals surface area contributed by atoms with Crippen LogP contribution in [0.4, 0.5) is 10.5 Å². The van der Waals surface area contributed by atoms with Crippen LogP contribution < -0.4 is 4.74 Å². The second-order valence-electron chi connectivity index (χ2n) is 6.35. The summed E-state index contributed by atoms with van der Waals surface area (Å²) in [5.74, 6) is -1.91. The molecule has 1 rings (SSSR count). The Balaban J connectivity index is 3.35. The first kappa shape index (κ1) is 23.4. The number of benzene rings is 1. The molecule has 0 atom stereocenters. The average Bonchev–Trinajstić information content (AvgIpc) is 2.67. The number of phenols is 1. The van der Waals surface area contributed by atoms with E-state index in [9.17, 15) is 30.1 Å². The lowest BCUT2D eigenvalue weighted by atomic mass is 10.1. The Hall–Kier alpha value is -3.61. The van der Waals surface area contributed by atoms with Crippen molar-refractivity contribution in [3.63, 3.8) is 0 Å². The number of nitrogens with zero attached hydrogens (tertiary/aromatic N) is 3. The zero-order valence-corrected chi connectivity index (χ0v) is 16.7. The molecule has 0 bridgehead atoms. The monoisotopic (exact) mass is 405 g/mol. The van der Waals surface area contributed by atoms with Gasteiger partial charge in [0.15, 0.2) is 5.75 Å². The van der Waals surface area contributed by atoms with Crippen LogP contribution in [0.15, 0.2) is 17.7 Å². The molecule has 0 spiro atoms. The fraction of sp³-hybridized carbons (Fsp3) is 0.421. The lowest BCUT2D eigenvalue weighted by molar-refractivity contribution is -0.385. The van der Waals surface area contributed by atoms with Gasteiger partial charge in [-0.15, -0.1) is 0 Å². The first-order chi connectivity index (χ1) is 13.6. The van der Waals surface area contributed by atoms with Crippen LogP contribution in [0.2, 0.25) is 0 Å². The summed E-state index contributed by atoms with van der Waals surface area (Å²) >= 11 is 0. The summed E-state index contributed by atoms with van der Waals surface area (Å²) in [4.78, 5) is 35.9. The van der Waals surface area contributed by atoms with Crippen molar-refractivity contribution in [1.82, 2.24) is 4.90 Å². The molecule has 10 heteroatoms. The molecule has 0 saturated heterocycles. The molecule has 1 N–H and O–H groups in total. The summed E-state index contributed by atoms with van der Waals surface area (Å²) < 4.78 is 9.70. The van der Waals surface area contributed by atoms with Crippen LogP contribution in [0, 0.1) is 27.4 Å². The van der Waals surface area contributed by atoms with Crippen molar-refractivity contribution >= 4 is 23.8 Å². The number of hydrogen-bond acceptors (Lipinski definition) is 8. The third-order valence-corrected chi connectivity index (χ3v) is 3.71.